The van der Waals surface area contributed by atoms with Crippen LogP contribution in [0, 0.1) is 5.82 Å². The molecule has 4 rings (SSSR count). The smallest absolute Gasteiger partial charge is 0.247 e. The van der Waals surface area contributed by atoms with E-state index in [1.165, 1.54) is 12.1 Å². The summed E-state index contributed by atoms with van der Waals surface area (Å²) in [6, 6.07) is 12.4. The second-order valence-corrected chi connectivity index (χ2v) is 8.01. The molecule has 7 nitrogen and oxygen atoms in total. The van der Waals surface area contributed by atoms with Crippen molar-refractivity contribution in [1.82, 2.24) is 9.97 Å². The fraction of sp³-hybridized carbons (Fsp3) is 0.321. The maximum Gasteiger partial charge on any atom is 0.247 e. The molecule has 0 spiro atoms. The monoisotopic (exact) mass is 495 g/mol. The lowest BCUT2D eigenvalue weighted by atomic mass is 10.0. The Bertz CT molecular complexity index is 1190. The van der Waals surface area contributed by atoms with Crippen molar-refractivity contribution in [2.24, 2.45) is 0 Å². The summed E-state index contributed by atoms with van der Waals surface area (Å²) in [4.78, 5) is 23.2. The van der Waals surface area contributed by atoms with Gasteiger partial charge in [-0.2, -0.15) is 0 Å². The van der Waals surface area contributed by atoms with Gasteiger partial charge in [-0.05, 0) is 54.5 Å². The van der Waals surface area contributed by atoms with Crippen molar-refractivity contribution in [3.8, 4) is 11.3 Å². The molecular formula is C28H38FN5O2. The summed E-state index contributed by atoms with van der Waals surface area (Å²) in [6.07, 6.45) is 4.55. The highest BCUT2D eigenvalue weighted by atomic mass is 19.1. The average Bonchev–Trinajstić information content (AvgIpc) is 2.91. The molecule has 0 aliphatic carbocycles. The Morgan fingerprint density at radius 2 is 1.97 bits per heavy atom. The number of aromatic nitrogens is 2. The van der Waals surface area contributed by atoms with E-state index in [9.17, 15) is 9.18 Å². The molecule has 1 amide bonds. The molecule has 1 aliphatic rings. The summed E-state index contributed by atoms with van der Waals surface area (Å²) in [7, 11) is 0. The Kier molecular flexibility index (Phi) is 9.94. The molecule has 0 unspecified atom stereocenters. The number of morpholine rings is 1. The van der Waals surface area contributed by atoms with Crippen molar-refractivity contribution >= 4 is 28.9 Å². The Hall–Kier alpha value is -3.78. The molecule has 0 radical (unpaired) electrons. The minimum Gasteiger partial charge on any atom is -0.378 e. The largest absolute Gasteiger partial charge is 0.378 e. The van der Waals surface area contributed by atoms with Crippen molar-refractivity contribution in [3.05, 3.63) is 72.7 Å². The van der Waals surface area contributed by atoms with Gasteiger partial charge < -0.3 is 20.3 Å². The Morgan fingerprint density at radius 1 is 1.19 bits per heavy atom. The van der Waals surface area contributed by atoms with Crippen LogP contribution in [0.5, 0.6) is 0 Å². The Labute approximate surface area is 215 Å². The maximum absolute atomic E-state index is 14.4. The lowest BCUT2D eigenvalue weighted by Gasteiger charge is -2.29. The van der Waals surface area contributed by atoms with E-state index in [0.29, 0.717) is 36.1 Å². The van der Waals surface area contributed by atoms with Crippen LogP contribution >= 0.6 is 0 Å². The van der Waals surface area contributed by atoms with Gasteiger partial charge in [-0.15, -0.1) is 0 Å². The highest BCUT2D eigenvalue weighted by Crippen LogP contribution is 2.29. The molecule has 0 atom stereocenters. The van der Waals surface area contributed by atoms with Crippen LogP contribution < -0.4 is 15.5 Å². The Morgan fingerprint density at radius 3 is 2.69 bits per heavy atom. The van der Waals surface area contributed by atoms with Gasteiger partial charge in [0, 0.05) is 44.8 Å². The van der Waals surface area contributed by atoms with Gasteiger partial charge in [-0.25, -0.2) is 14.4 Å². The second-order valence-electron chi connectivity index (χ2n) is 8.01. The zero-order valence-electron chi connectivity index (χ0n) is 21.2. The highest BCUT2D eigenvalue weighted by Gasteiger charge is 2.14. The predicted molar refractivity (Wildman–Crippen MR) is 149 cm³/mol. The van der Waals surface area contributed by atoms with Crippen LogP contribution in [0.2, 0.25) is 0 Å². The van der Waals surface area contributed by atoms with Gasteiger partial charge >= 0.3 is 0 Å². The minimum atomic E-state index is -0.467. The number of anilines is 4. The fourth-order valence-electron chi connectivity index (χ4n) is 3.89. The van der Waals surface area contributed by atoms with Crippen molar-refractivity contribution in [3.63, 3.8) is 0 Å². The van der Waals surface area contributed by atoms with Gasteiger partial charge in [0.1, 0.15) is 5.82 Å². The maximum atomic E-state index is 14.4. The van der Waals surface area contributed by atoms with E-state index in [-0.39, 0.29) is 2.85 Å². The van der Waals surface area contributed by atoms with Gasteiger partial charge in [-0.1, -0.05) is 39.8 Å². The van der Waals surface area contributed by atoms with E-state index in [1.54, 1.807) is 12.3 Å². The number of benzene rings is 2. The first-order valence-corrected chi connectivity index (χ1v) is 12.4. The van der Waals surface area contributed by atoms with E-state index in [4.69, 9.17) is 9.72 Å². The number of rotatable bonds is 8. The van der Waals surface area contributed by atoms with E-state index in [0.717, 1.165) is 48.9 Å². The van der Waals surface area contributed by atoms with Crippen molar-refractivity contribution in [2.75, 3.05) is 41.8 Å². The molecule has 36 heavy (non-hydrogen) atoms. The second kappa shape index (κ2) is 13.3. The number of carbonyl (C=O) groups excluding carboxylic acids is 1. The number of nitrogens with one attached hydrogen (secondary N) is 2. The first-order chi connectivity index (χ1) is 17.6. The lowest BCUT2D eigenvalue weighted by molar-refractivity contribution is -0.111. The zero-order chi connectivity index (χ0) is 25.9. The summed E-state index contributed by atoms with van der Waals surface area (Å²) in [5, 5.41) is 5.89. The molecule has 0 saturated carbocycles. The number of hydrogen-bond acceptors (Lipinski definition) is 6. The van der Waals surface area contributed by atoms with Crippen LogP contribution in [-0.4, -0.2) is 42.2 Å². The number of amides is 1. The van der Waals surface area contributed by atoms with Crippen molar-refractivity contribution in [1.29, 1.82) is 0 Å². The van der Waals surface area contributed by atoms with Gasteiger partial charge in [0.25, 0.3) is 0 Å². The van der Waals surface area contributed by atoms with Crippen molar-refractivity contribution in [2.45, 2.75) is 33.6 Å². The van der Waals surface area contributed by atoms with Gasteiger partial charge in [-0.3, -0.25) is 4.79 Å². The molecule has 2 N–H and O–H groups in total. The summed E-state index contributed by atoms with van der Waals surface area (Å²) in [5.41, 5.74) is 4.39. The number of hydrogen-bond donors (Lipinski definition) is 2. The van der Waals surface area contributed by atoms with Gasteiger partial charge in [0.05, 0.1) is 18.9 Å². The first kappa shape index (κ1) is 26.8. The fourth-order valence-corrected chi connectivity index (χ4v) is 3.89. The number of aryl methyl sites for hydroxylation is 1. The predicted octanol–water partition coefficient (Wildman–Crippen LogP) is 6.46. The third-order valence-corrected chi connectivity index (χ3v) is 5.49. The molecular weight excluding hydrogens is 457 g/mol. The van der Waals surface area contributed by atoms with Gasteiger partial charge in [0.2, 0.25) is 11.9 Å². The number of carbonyl (C=O) groups is 1. The van der Waals surface area contributed by atoms with E-state index in [1.807, 2.05) is 26.0 Å². The molecule has 1 aromatic heterocycles. The summed E-state index contributed by atoms with van der Waals surface area (Å²) < 4.78 is 19.8. The number of ether oxygens (including phenoxy) is 1. The molecule has 3 aromatic rings. The van der Waals surface area contributed by atoms with Crippen LogP contribution in [0.4, 0.5) is 27.4 Å². The van der Waals surface area contributed by atoms with Crippen LogP contribution in [0.15, 0.2) is 61.3 Å². The first-order valence-electron chi connectivity index (χ1n) is 12.4. The molecule has 2 heterocycles. The molecule has 1 fully saturated rings. The third-order valence-electron chi connectivity index (χ3n) is 5.49. The summed E-state index contributed by atoms with van der Waals surface area (Å²) in [6.45, 7) is 12.6. The molecule has 1 aliphatic heterocycles. The van der Waals surface area contributed by atoms with Crippen LogP contribution in [0.25, 0.3) is 11.3 Å². The molecule has 2 aromatic carbocycles. The normalized spacial score (nSPS) is 12.8. The van der Waals surface area contributed by atoms with Crippen LogP contribution in [0.1, 0.15) is 35.6 Å². The molecule has 194 valence electrons. The van der Waals surface area contributed by atoms with Crippen LogP contribution in [0.3, 0.4) is 0 Å². The average molecular weight is 496 g/mol. The van der Waals surface area contributed by atoms with E-state index in [2.05, 4.69) is 46.2 Å². The number of nitrogens with zero attached hydrogens (tertiary/aromatic N) is 3. The highest BCUT2D eigenvalue weighted by molar-refractivity contribution is 5.99. The molecule has 0 bridgehead atoms. The Balaban J connectivity index is 0.00000176. The lowest BCUT2D eigenvalue weighted by Crippen LogP contribution is -2.36. The summed E-state index contributed by atoms with van der Waals surface area (Å²) in [5.74, 6) is -0.462. The standard InChI is InChI=1S/C26H28FN5O2.C2H6.2H2/c1-3-6-18-17-28-26(30-21-7-5-8-23(16-21)32-9-11-34-12-10-32)31-25(18)19-13-20(27)15-22(14-19)29-24(33)4-2;1-2;;/h4-5,7-8,13-17H,2-3,6,9-12H2,1H3,(H,29,33)(H,28,30,31);1-2H3;2*1H. The molecule has 8 heteroatoms. The number of halogens is 1. The third kappa shape index (κ3) is 7.11. The van der Waals surface area contributed by atoms with Crippen molar-refractivity contribution < 1.29 is 16.8 Å². The van der Waals surface area contributed by atoms with Gasteiger partial charge in [0.15, 0.2) is 0 Å². The van der Waals surface area contributed by atoms with E-state index >= 15 is 0 Å². The quantitative estimate of drug-likeness (QED) is 0.349. The SMILES string of the molecule is C=CC(=O)Nc1cc(F)cc(-c2nc(Nc3cccc(N4CCOCC4)c3)ncc2CCC)c1.CC.[HH].[HH]. The molecule has 1 saturated heterocycles. The topological polar surface area (TPSA) is 79.4 Å². The zero-order valence-corrected chi connectivity index (χ0v) is 21.2. The van der Waals surface area contributed by atoms with Crippen LogP contribution in [-0.2, 0) is 16.0 Å². The summed E-state index contributed by atoms with van der Waals surface area (Å²) >= 11 is 0. The van der Waals surface area contributed by atoms with E-state index < -0.39 is 11.7 Å². The minimum absolute atomic E-state index is 0.